The summed E-state index contributed by atoms with van der Waals surface area (Å²) in [4.78, 5) is 7.91. The van der Waals surface area contributed by atoms with Crippen LogP contribution in [0.5, 0.6) is 0 Å². The zero-order valence-corrected chi connectivity index (χ0v) is 11.0. The number of hydrogen-bond donors (Lipinski definition) is 1. The highest BCUT2D eigenvalue weighted by Gasteiger charge is 2.31. The molecule has 0 unspecified atom stereocenters. The van der Waals surface area contributed by atoms with Gasteiger partial charge >= 0.3 is 0 Å². The number of thioether (sulfide) groups is 1. The van der Waals surface area contributed by atoms with Crippen molar-refractivity contribution in [3.63, 3.8) is 0 Å². The van der Waals surface area contributed by atoms with Crippen LogP contribution in [0.4, 0.5) is 0 Å². The zero-order valence-electron chi connectivity index (χ0n) is 10.1. The summed E-state index contributed by atoms with van der Waals surface area (Å²) in [7, 11) is 0. The minimum absolute atomic E-state index is 0.625. The molecule has 1 aromatic carbocycles. The van der Waals surface area contributed by atoms with E-state index in [9.17, 15) is 0 Å². The Bertz CT molecular complexity index is 560. The predicted molar refractivity (Wildman–Crippen MR) is 74.7 cm³/mol. The second-order valence-electron chi connectivity index (χ2n) is 5.15. The summed E-state index contributed by atoms with van der Waals surface area (Å²) in [5.74, 6) is 1.81. The average Bonchev–Trinajstić information content (AvgIpc) is 3.23. The van der Waals surface area contributed by atoms with Crippen LogP contribution in [0.15, 0.2) is 28.1 Å². The lowest BCUT2D eigenvalue weighted by Crippen LogP contribution is -2.42. The molecule has 1 aliphatic carbocycles. The molecule has 2 heterocycles. The Morgan fingerprint density at radius 1 is 1.33 bits per heavy atom. The highest BCUT2D eigenvalue weighted by Crippen LogP contribution is 2.42. The van der Waals surface area contributed by atoms with Crippen LogP contribution in [0, 0.1) is 5.41 Å². The van der Waals surface area contributed by atoms with E-state index in [1.807, 2.05) is 0 Å². The molecule has 4 heteroatoms. The van der Waals surface area contributed by atoms with E-state index in [4.69, 9.17) is 5.41 Å². The maximum atomic E-state index is 8.10. The van der Waals surface area contributed by atoms with Crippen LogP contribution in [0.25, 0.3) is 0 Å². The van der Waals surface area contributed by atoms with E-state index < -0.39 is 0 Å². The first kappa shape index (κ1) is 10.6. The third kappa shape index (κ3) is 1.59. The van der Waals surface area contributed by atoms with Crippen LogP contribution in [0.1, 0.15) is 36.3 Å². The highest BCUT2D eigenvalue weighted by molar-refractivity contribution is 8.14. The fraction of sp³-hybridized carbons (Fsp3) is 0.429. The molecule has 18 heavy (non-hydrogen) atoms. The van der Waals surface area contributed by atoms with E-state index >= 15 is 0 Å². The molecular weight excluding hydrogens is 242 g/mol. The highest BCUT2D eigenvalue weighted by atomic mass is 32.2. The number of amidine groups is 2. The second-order valence-corrected chi connectivity index (χ2v) is 6.18. The molecule has 3 aliphatic rings. The van der Waals surface area contributed by atoms with Crippen molar-refractivity contribution in [1.29, 1.82) is 5.41 Å². The smallest absolute Gasteiger partial charge is 0.166 e. The molecule has 1 N–H and O–H groups in total. The lowest BCUT2D eigenvalue weighted by atomic mass is 10.0. The van der Waals surface area contributed by atoms with Crippen LogP contribution in [0.2, 0.25) is 0 Å². The monoisotopic (exact) mass is 257 g/mol. The number of nitrogens with zero attached hydrogens (tertiary/aromatic N) is 2. The van der Waals surface area contributed by atoms with E-state index in [0.29, 0.717) is 5.17 Å². The third-order valence-electron chi connectivity index (χ3n) is 3.80. The van der Waals surface area contributed by atoms with Crippen LogP contribution >= 0.6 is 11.8 Å². The van der Waals surface area contributed by atoms with Gasteiger partial charge in [0, 0.05) is 23.5 Å². The number of fused-ring (bicyclic) bond motifs is 3. The first-order valence-corrected chi connectivity index (χ1v) is 7.37. The predicted octanol–water partition coefficient (Wildman–Crippen LogP) is 3.06. The molecule has 0 saturated heterocycles. The quantitative estimate of drug-likeness (QED) is 0.840. The van der Waals surface area contributed by atoms with Crippen molar-refractivity contribution in [2.75, 3.05) is 13.1 Å². The summed E-state index contributed by atoms with van der Waals surface area (Å²) >= 11 is 1.57. The standard InChI is InChI=1S/C14H15N3S/c15-14-17-7-1-6-16-13(17)11-8-10(9-2-3-9)4-5-12(11)18-14/h4-5,8-9,15H,1-3,6-7H2. The van der Waals surface area contributed by atoms with Crippen LogP contribution in [-0.4, -0.2) is 29.0 Å². The van der Waals surface area contributed by atoms with E-state index in [1.165, 1.54) is 28.9 Å². The van der Waals surface area contributed by atoms with Crippen LogP contribution < -0.4 is 0 Å². The molecule has 0 aromatic heterocycles. The molecular formula is C14H15N3S. The van der Waals surface area contributed by atoms with Gasteiger partial charge in [0.05, 0.1) is 0 Å². The number of aliphatic imine (C=N–C) groups is 1. The van der Waals surface area contributed by atoms with E-state index in [0.717, 1.165) is 31.3 Å². The van der Waals surface area contributed by atoms with Crippen molar-refractivity contribution in [2.45, 2.75) is 30.1 Å². The molecule has 1 saturated carbocycles. The van der Waals surface area contributed by atoms with Crippen molar-refractivity contribution in [1.82, 2.24) is 4.90 Å². The fourth-order valence-corrected chi connectivity index (χ4v) is 3.57. The molecule has 1 aromatic rings. The van der Waals surface area contributed by atoms with Gasteiger partial charge in [-0.05, 0) is 42.9 Å². The minimum Gasteiger partial charge on any atom is -0.305 e. The van der Waals surface area contributed by atoms with Gasteiger partial charge in [-0.2, -0.15) is 0 Å². The van der Waals surface area contributed by atoms with Gasteiger partial charge in [-0.1, -0.05) is 17.8 Å². The Hall–Kier alpha value is -1.29. The number of nitrogens with one attached hydrogen (secondary N) is 1. The molecule has 0 amide bonds. The van der Waals surface area contributed by atoms with E-state index in [1.54, 1.807) is 11.8 Å². The maximum Gasteiger partial charge on any atom is 0.166 e. The lowest BCUT2D eigenvalue weighted by molar-refractivity contribution is 0.551. The Labute approximate surface area is 111 Å². The molecule has 0 atom stereocenters. The first-order chi connectivity index (χ1) is 8.83. The second kappa shape index (κ2) is 3.85. The largest absolute Gasteiger partial charge is 0.305 e. The Kier molecular flexibility index (Phi) is 2.27. The van der Waals surface area contributed by atoms with Crippen molar-refractivity contribution >= 4 is 22.8 Å². The Balaban J connectivity index is 1.84. The SMILES string of the molecule is N=C1Sc2ccc(C3CC3)cc2C2=NCCCN12. The average molecular weight is 257 g/mol. The summed E-state index contributed by atoms with van der Waals surface area (Å²) in [6.07, 6.45) is 3.72. The molecule has 1 fully saturated rings. The summed E-state index contributed by atoms with van der Waals surface area (Å²) in [6.45, 7) is 1.84. The van der Waals surface area contributed by atoms with Gasteiger partial charge in [0.25, 0.3) is 0 Å². The number of rotatable bonds is 1. The van der Waals surface area contributed by atoms with Gasteiger partial charge in [0.15, 0.2) is 5.17 Å². The van der Waals surface area contributed by atoms with Crippen LogP contribution in [-0.2, 0) is 0 Å². The van der Waals surface area contributed by atoms with E-state index in [2.05, 4.69) is 28.1 Å². The lowest BCUT2D eigenvalue weighted by Gasteiger charge is -2.34. The molecule has 2 aliphatic heterocycles. The summed E-state index contributed by atoms with van der Waals surface area (Å²) in [5, 5.41) is 8.73. The number of hydrogen-bond acceptors (Lipinski definition) is 3. The maximum absolute atomic E-state index is 8.10. The summed E-state index contributed by atoms with van der Waals surface area (Å²) in [5.41, 5.74) is 2.70. The summed E-state index contributed by atoms with van der Waals surface area (Å²) in [6, 6.07) is 6.72. The Morgan fingerprint density at radius 2 is 2.22 bits per heavy atom. The molecule has 0 spiro atoms. The van der Waals surface area contributed by atoms with E-state index in [-0.39, 0.29) is 0 Å². The molecule has 0 bridgehead atoms. The van der Waals surface area contributed by atoms with Crippen molar-refractivity contribution in [2.24, 2.45) is 4.99 Å². The van der Waals surface area contributed by atoms with Crippen LogP contribution in [0.3, 0.4) is 0 Å². The topological polar surface area (TPSA) is 39.5 Å². The van der Waals surface area contributed by atoms with Crippen molar-refractivity contribution in [3.05, 3.63) is 29.3 Å². The molecule has 3 nitrogen and oxygen atoms in total. The normalized spacial score (nSPS) is 22.3. The Morgan fingerprint density at radius 3 is 3.06 bits per heavy atom. The van der Waals surface area contributed by atoms with Gasteiger partial charge < -0.3 is 4.90 Å². The number of benzene rings is 1. The fourth-order valence-electron chi connectivity index (χ4n) is 2.67. The third-order valence-corrected chi connectivity index (χ3v) is 4.79. The van der Waals surface area contributed by atoms with Gasteiger partial charge in [0.1, 0.15) is 5.84 Å². The van der Waals surface area contributed by atoms with Gasteiger partial charge in [0.2, 0.25) is 0 Å². The van der Waals surface area contributed by atoms with Gasteiger partial charge in [-0.25, -0.2) is 0 Å². The molecule has 4 rings (SSSR count). The minimum atomic E-state index is 0.625. The zero-order chi connectivity index (χ0) is 12.1. The van der Waals surface area contributed by atoms with Crippen molar-refractivity contribution in [3.8, 4) is 0 Å². The first-order valence-electron chi connectivity index (χ1n) is 6.55. The van der Waals surface area contributed by atoms with Gasteiger partial charge in [-0.3, -0.25) is 10.4 Å². The molecule has 92 valence electrons. The van der Waals surface area contributed by atoms with Crippen molar-refractivity contribution < 1.29 is 0 Å². The van der Waals surface area contributed by atoms with Gasteiger partial charge in [-0.15, -0.1) is 0 Å². The molecule has 0 radical (unpaired) electrons. The summed E-state index contributed by atoms with van der Waals surface area (Å²) < 4.78 is 0.